The van der Waals surface area contributed by atoms with Crippen molar-refractivity contribution in [1.29, 1.82) is 0 Å². The number of nitrogens with one attached hydrogen (secondary N) is 1. The molecule has 1 aromatic rings. The van der Waals surface area contributed by atoms with Gasteiger partial charge in [-0.1, -0.05) is 11.6 Å². The van der Waals surface area contributed by atoms with Gasteiger partial charge in [0, 0.05) is 24.5 Å². The summed E-state index contributed by atoms with van der Waals surface area (Å²) in [5, 5.41) is 11.9. The Kier molecular flexibility index (Phi) is 4.55. The fraction of sp³-hybridized carbons (Fsp3) is 0.538. The highest BCUT2D eigenvalue weighted by atomic mass is 35.5. The molecule has 1 aliphatic heterocycles. The second-order valence-corrected chi connectivity index (χ2v) is 7.02. The zero-order valence-electron chi connectivity index (χ0n) is 11.2. The van der Waals surface area contributed by atoms with Crippen LogP contribution in [-0.2, 0) is 11.2 Å². The van der Waals surface area contributed by atoms with Crippen molar-refractivity contribution in [3.05, 3.63) is 21.3 Å². The van der Waals surface area contributed by atoms with Crippen LogP contribution in [-0.4, -0.2) is 41.6 Å². The molecule has 2 rings (SSSR count). The van der Waals surface area contributed by atoms with Gasteiger partial charge in [0.2, 0.25) is 0 Å². The predicted octanol–water partition coefficient (Wildman–Crippen LogP) is 2.45. The molecule has 2 amide bonds. The number of aliphatic carboxylic acids is 1. The number of rotatable bonds is 4. The van der Waals surface area contributed by atoms with E-state index in [2.05, 4.69) is 5.32 Å². The maximum atomic E-state index is 12.0. The third-order valence-electron chi connectivity index (χ3n) is 3.55. The molecule has 1 atom stereocenters. The number of carbonyl (C=O) groups excluding carboxylic acids is 1. The molecule has 0 aliphatic carbocycles. The predicted molar refractivity (Wildman–Crippen MR) is 78.4 cm³/mol. The van der Waals surface area contributed by atoms with E-state index in [1.807, 2.05) is 12.1 Å². The smallest absolute Gasteiger partial charge is 0.317 e. The molecular weight excluding hydrogens is 300 g/mol. The Bertz CT molecular complexity index is 519. The zero-order valence-corrected chi connectivity index (χ0v) is 12.8. The third kappa shape index (κ3) is 3.43. The molecule has 1 aromatic heterocycles. The number of thiophene rings is 1. The minimum absolute atomic E-state index is 0.197. The van der Waals surface area contributed by atoms with Gasteiger partial charge in [-0.2, -0.15) is 0 Å². The van der Waals surface area contributed by atoms with E-state index in [0.29, 0.717) is 19.5 Å². The number of carboxylic acid groups (broad SMARTS) is 1. The number of likely N-dealkylation sites (tertiary alicyclic amines) is 1. The number of urea groups is 1. The summed E-state index contributed by atoms with van der Waals surface area (Å²) in [7, 11) is 0. The molecule has 20 heavy (non-hydrogen) atoms. The molecule has 1 fully saturated rings. The first-order valence-electron chi connectivity index (χ1n) is 6.41. The zero-order chi connectivity index (χ0) is 14.8. The number of nitrogens with zero attached hydrogens (tertiary/aromatic N) is 1. The number of amides is 2. The van der Waals surface area contributed by atoms with E-state index >= 15 is 0 Å². The lowest BCUT2D eigenvalue weighted by atomic mass is 9.90. The lowest BCUT2D eigenvalue weighted by molar-refractivity contribution is -0.146. The van der Waals surface area contributed by atoms with Gasteiger partial charge in [0.05, 0.1) is 9.75 Å². The van der Waals surface area contributed by atoms with Crippen molar-refractivity contribution in [1.82, 2.24) is 10.2 Å². The van der Waals surface area contributed by atoms with Crippen molar-refractivity contribution in [3.63, 3.8) is 0 Å². The SMILES string of the molecule is CC1(C(=O)O)CCN(C(=O)NCCc2ccc(Cl)s2)C1. The van der Waals surface area contributed by atoms with Gasteiger partial charge < -0.3 is 15.3 Å². The summed E-state index contributed by atoms with van der Waals surface area (Å²) in [4.78, 5) is 25.8. The Balaban J connectivity index is 1.77. The van der Waals surface area contributed by atoms with Crippen LogP contribution in [0.1, 0.15) is 18.2 Å². The van der Waals surface area contributed by atoms with Crippen LogP contribution < -0.4 is 5.32 Å². The Morgan fingerprint density at radius 1 is 1.55 bits per heavy atom. The van der Waals surface area contributed by atoms with Crippen molar-refractivity contribution < 1.29 is 14.7 Å². The van der Waals surface area contributed by atoms with Gasteiger partial charge in [-0.25, -0.2) is 4.79 Å². The first kappa shape index (κ1) is 15.1. The topological polar surface area (TPSA) is 69.6 Å². The van der Waals surface area contributed by atoms with E-state index in [0.717, 1.165) is 15.6 Å². The quantitative estimate of drug-likeness (QED) is 0.896. The molecule has 5 nitrogen and oxygen atoms in total. The molecule has 2 N–H and O–H groups in total. The molecule has 0 spiro atoms. The number of hydrogen-bond donors (Lipinski definition) is 2. The van der Waals surface area contributed by atoms with E-state index in [1.54, 1.807) is 11.8 Å². The molecule has 110 valence electrons. The number of carboxylic acids is 1. The molecular formula is C13H17ClN2O3S. The van der Waals surface area contributed by atoms with Crippen molar-refractivity contribution in [2.24, 2.45) is 5.41 Å². The van der Waals surface area contributed by atoms with Gasteiger partial charge in [0.1, 0.15) is 0 Å². The number of hydrogen-bond acceptors (Lipinski definition) is 3. The molecule has 0 aromatic carbocycles. The Labute approximate surface area is 126 Å². The lowest BCUT2D eigenvalue weighted by Crippen LogP contribution is -2.41. The van der Waals surface area contributed by atoms with E-state index in [1.165, 1.54) is 11.3 Å². The maximum Gasteiger partial charge on any atom is 0.317 e. The molecule has 7 heteroatoms. The Morgan fingerprint density at radius 3 is 2.85 bits per heavy atom. The maximum absolute atomic E-state index is 12.0. The van der Waals surface area contributed by atoms with Crippen LogP contribution in [0.2, 0.25) is 4.34 Å². The van der Waals surface area contributed by atoms with Crippen molar-refractivity contribution in [3.8, 4) is 0 Å². The highest BCUT2D eigenvalue weighted by Crippen LogP contribution is 2.30. The highest BCUT2D eigenvalue weighted by molar-refractivity contribution is 7.16. The fourth-order valence-corrected chi connectivity index (χ4v) is 3.29. The van der Waals surface area contributed by atoms with Crippen LogP contribution in [0, 0.1) is 5.41 Å². The van der Waals surface area contributed by atoms with Crippen LogP contribution in [0.5, 0.6) is 0 Å². The van der Waals surface area contributed by atoms with E-state index in [-0.39, 0.29) is 12.6 Å². The van der Waals surface area contributed by atoms with Crippen LogP contribution in [0.3, 0.4) is 0 Å². The molecule has 1 saturated heterocycles. The van der Waals surface area contributed by atoms with Crippen LogP contribution in [0.25, 0.3) is 0 Å². The van der Waals surface area contributed by atoms with E-state index in [4.69, 9.17) is 16.7 Å². The summed E-state index contributed by atoms with van der Waals surface area (Å²) < 4.78 is 0.739. The van der Waals surface area contributed by atoms with Crippen molar-refractivity contribution in [2.45, 2.75) is 19.8 Å². The first-order valence-corrected chi connectivity index (χ1v) is 7.60. The first-order chi connectivity index (χ1) is 9.40. The van der Waals surface area contributed by atoms with Crippen LogP contribution in [0.15, 0.2) is 12.1 Å². The molecule has 1 aliphatic rings. The third-order valence-corrected chi connectivity index (χ3v) is 4.84. The average molecular weight is 317 g/mol. The lowest BCUT2D eigenvalue weighted by Gasteiger charge is -2.20. The summed E-state index contributed by atoms with van der Waals surface area (Å²) >= 11 is 7.33. The summed E-state index contributed by atoms with van der Waals surface area (Å²) in [6, 6.07) is 3.58. The van der Waals surface area contributed by atoms with E-state index < -0.39 is 11.4 Å². The molecule has 0 radical (unpaired) electrons. The Morgan fingerprint density at radius 2 is 2.30 bits per heavy atom. The van der Waals surface area contributed by atoms with Gasteiger partial charge in [0.15, 0.2) is 0 Å². The van der Waals surface area contributed by atoms with Gasteiger partial charge in [-0.15, -0.1) is 11.3 Å². The fourth-order valence-electron chi connectivity index (χ4n) is 2.20. The minimum atomic E-state index is -0.846. The molecule has 1 unspecified atom stereocenters. The minimum Gasteiger partial charge on any atom is -0.481 e. The summed E-state index contributed by atoms with van der Waals surface area (Å²) in [5.41, 5.74) is -0.821. The van der Waals surface area contributed by atoms with Crippen LogP contribution >= 0.6 is 22.9 Å². The number of halogens is 1. The molecule has 0 saturated carbocycles. The van der Waals surface area contributed by atoms with Crippen LogP contribution in [0.4, 0.5) is 4.79 Å². The van der Waals surface area contributed by atoms with Gasteiger partial charge in [0.25, 0.3) is 0 Å². The summed E-state index contributed by atoms with van der Waals surface area (Å²) in [6.45, 7) is 2.95. The largest absolute Gasteiger partial charge is 0.481 e. The monoisotopic (exact) mass is 316 g/mol. The Hall–Kier alpha value is -1.27. The normalized spacial score (nSPS) is 22.0. The molecule has 2 heterocycles. The second kappa shape index (κ2) is 6.01. The summed E-state index contributed by atoms with van der Waals surface area (Å²) in [6.07, 6.45) is 1.23. The van der Waals surface area contributed by atoms with Crippen molar-refractivity contribution in [2.75, 3.05) is 19.6 Å². The number of carbonyl (C=O) groups is 2. The molecule has 0 bridgehead atoms. The van der Waals surface area contributed by atoms with E-state index in [9.17, 15) is 9.59 Å². The average Bonchev–Trinajstić information content (AvgIpc) is 2.97. The summed E-state index contributed by atoms with van der Waals surface area (Å²) in [5.74, 6) is -0.846. The van der Waals surface area contributed by atoms with Gasteiger partial charge >= 0.3 is 12.0 Å². The van der Waals surface area contributed by atoms with Gasteiger partial charge in [-0.05, 0) is 31.9 Å². The standard InChI is InChI=1S/C13H17ClN2O3S/c1-13(11(17)18)5-7-16(8-13)12(19)15-6-4-9-2-3-10(14)20-9/h2-3H,4-8H2,1H3,(H,15,19)(H,17,18). The highest BCUT2D eigenvalue weighted by Gasteiger charge is 2.42. The second-order valence-electron chi connectivity index (χ2n) is 5.23. The van der Waals surface area contributed by atoms with Crippen molar-refractivity contribution >= 4 is 34.9 Å². The van der Waals surface area contributed by atoms with Gasteiger partial charge in [-0.3, -0.25) is 4.79 Å².